The van der Waals surface area contributed by atoms with Gasteiger partial charge in [0.2, 0.25) is 0 Å². The highest BCUT2D eigenvalue weighted by Crippen LogP contribution is 2.60. The molecule has 0 heterocycles. The van der Waals surface area contributed by atoms with Crippen molar-refractivity contribution in [2.75, 3.05) is 33.4 Å². The minimum absolute atomic E-state index is 0.381. The van der Waals surface area contributed by atoms with Gasteiger partial charge in [0.05, 0.1) is 0 Å². The van der Waals surface area contributed by atoms with Crippen molar-refractivity contribution in [1.82, 2.24) is 10.6 Å². The Bertz CT molecular complexity index is 407. The fourth-order valence-corrected chi connectivity index (χ4v) is 4.36. The van der Waals surface area contributed by atoms with E-state index in [1.165, 1.54) is 51.4 Å². The van der Waals surface area contributed by atoms with Gasteiger partial charge < -0.3 is 15.4 Å². The number of ether oxygens (including phenoxy) is 1. The second-order valence-electron chi connectivity index (χ2n) is 8.14. The van der Waals surface area contributed by atoms with Gasteiger partial charge in [-0.1, -0.05) is 12.8 Å². The van der Waals surface area contributed by atoms with Crippen molar-refractivity contribution in [3.05, 3.63) is 0 Å². The predicted octanol–water partition coefficient (Wildman–Crippen LogP) is 3.33. The SMILES string of the molecule is CCNC(=NCC1(CCOC)CCCC1)NCC1(C2CC2)CC1. The van der Waals surface area contributed by atoms with Crippen molar-refractivity contribution in [3.63, 3.8) is 0 Å². The molecular weight excluding hydrogens is 286 g/mol. The van der Waals surface area contributed by atoms with Crippen LogP contribution in [0, 0.1) is 16.7 Å². The molecule has 0 spiro atoms. The predicted molar refractivity (Wildman–Crippen MR) is 95.8 cm³/mol. The number of aliphatic imine (C=N–C) groups is 1. The maximum atomic E-state index is 5.34. The third kappa shape index (κ3) is 4.40. The van der Waals surface area contributed by atoms with E-state index < -0.39 is 0 Å². The number of methoxy groups -OCH3 is 1. The number of guanidine groups is 1. The standard InChI is InChI=1S/C19H35N3O/c1-3-20-17(22-15-19(10-11-19)16-6-7-16)21-14-18(12-13-23-2)8-4-5-9-18/h16H,3-15H2,1-2H3,(H2,20,21,22). The molecule has 0 aromatic rings. The Hall–Kier alpha value is -0.770. The van der Waals surface area contributed by atoms with Gasteiger partial charge in [-0.3, -0.25) is 4.99 Å². The zero-order chi connectivity index (χ0) is 16.2. The van der Waals surface area contributed by atoms with Gasteiger partial charge in [0.1, 0.15) is 0 Å². The molecule has 132 valence electrons. The number of nitrogens with one attached hydrogen (secondary N) is 2. The molecule has 0 aliphatic heterocycles. The second-order valence-corrected chi connectivity index (χ2v) is 8.14. The third-order valence-electron chi connectivity index (χ3n) is 6.36. The van der Waals surface area contributed by atoms with Gasteiger partial charge in [-0.15, -0.1) is 0 Å². The molecule has 0 bridgehead atoms. The molecule has 0 atom stereocenters. The zero-order valence-electron chi connectivity index (χ0n) is 15.1. The van der Waals surface area contributed by atoms with E-state index in [4.69, 9.17) is 9.73 Å². The van der Waals surface area contributed by atoms with Crippen LogP contribution in [0.5, 0.6) is 0 Å². The molecule has 0 saturated heterocycles. The van der Waals surface area contributed by atoms with E-state index in [0.29, 0.717) is 10.8 Å². The van der Waals surface area contributed by atoms with Crippen molar-refractivity contribution in [3.8, 4) is 0 Å². The van der Waals surface area contributed by atoms with E-state index in [-0.39, 0.29) is 0 Å². The van der Waals surface area contributed by atoms with Crippen LogP contribution in [0.3, 0.4) is 0 Å². The number of hydrogen-bond acceptors (Lipinski definition) is 2. The van der Waals surface area contributed by atoms with E-state index in [1.54, 1.807) is 0 Å². The Kier molecular flexibility index (Phi) is 5.50. The van der Waals surface area contributed by atoms with E-state index in [9.17, 15) is 0 Å². The van der Waals surface area contributed by atoms with Crippen LogP contribution >= 0.6 is 0 Å². The maximum Gasteiger partial charge on any atom is 0.191 e. The summed E-state index contributed by atoms with van der Waals surface area (Å²) in [5, 5.41) is 7.10. The van der Waals surface area contributed by atoms with Gasteiger partial charge in [0.15, 0.2) is 5.96 Å². The van der Waals surface area contributed by atoms with Gasteiger partial charge in [0.25, 0.3) is 0 Å². The summed E-state index contributed by atoms with van der Waals surface area (Å²) in [5.74, 6) is 2.03. The van der Waals surface area contributed by atoms with Crippen LogP contribution in [-0.4, -0.2) is 39.3 Å². The fraction of sp³-hybridized carbons (Fsp3) is 0.947. The molecule has 0 aromatic heterocycles. The molecule has 0 aromatic carbocycles. The first-order chi connectivity index (χ1) is 11.2. The molecule has 0 radical (unpaired) electrons. The number of rotatable bonds is 9. The Morgan fingerprint density at radius 3 is 2.43 bits per heavy atom. The van der Waals surface area contributed by atoms with Crippen LogP contribution in [0.15, 0.2) is 4.99 Å². The molecule has 2 N–H and O–H groups in total. The lowest BCUT2D eigenvalue weighted by Crippen LogP contribution is -2.41. The summed E-state index contributed by atoms with van der Waals surface area (Å²) >= 11 is 0. The van der Waals surface area contributed by atoms with Crippen molar-refractivity contribution in [2.45, 2.75) is 64.7 Å². The summed E-state index contributed by atoms with van der Waals surface area (Å²) in [6, 6.07) is 0. The van der Waals surface area contributed by atoms with E-state index in [1.807, 2.05) is 7.11 Å². The summed E-state index contributed by atoms with van der Waals surface area (Å²) in [6.45, 7) is 6.02. The Morgan fingerprint density at radius 1 is 1.13 bits per heavy atom. The summed E-state index contributed by atoms with van der Waals surface area (Å²) < 4.78 is 5.34. The van der Waals surface area contributed by atoms with E-state index >= 15 is 0 Å². The third-order valence-corrected chi connectivity index (χ3v) is 6.36. The van der Waals surface area contributed by atoms with Crippen LogP contribution in [0.1, 0.15) is 64.7 Å². The van der Waals surface area contributed by atoms with Crippen LogP contribution in [0.2, 0.25) is 0 Å². The topological polar surface area (TPSA) is 45.7 Å². The minimum Gasteiger partial charge on any atom is -0.385 e. The van der Waals surface area contributed by atoms with Crippen molar-refractivity contribution in [1.29, 1.82) is 0 Å². The average molecular weight is 322 g/mol. The van der Waals surface area contributed by atoms with Gasteiger partial charge >= 0.3 is 0 Å². The lowest BCUT2D eigenvalue weighted by atomic mass is 9.83. The normalized spacial score (nSPS) is 25.4. The van der Waals surface area contributed by atoms with Gasteiger partial charge in [-0.2, -0.15) is 0 Å². The minimum atomic E-state index is 0.381. The molecule has 3 saturated carbocycles. The number of hydrogen-bond donors (Lipinski definition) is 2. The lowest BCUT2D eigenvalue weighted by Gasteiger charge is -2.27. The molecule has 3 rings (SSSR count). The summed E-state index contributed by atoms with van der Waals surface area (Å²) in [6.07, 6.45) is 12.2. The molecular formula is C19H35N3O. The molecule has 3 fully saturated rings. The summed E-state index contributed by atoms with van der Waals surface area (Å²) in [5.41, 5.74) is 1.00. The van der Waals surface area contributed by atoms with Crippen LogP contribution in [0.4, 0.5) is 0 Å². The Balaban J connectivity index is 1.54. The molecule has 23 heavy (non-hydrogen) atoms. The lowest BCUT2D eigenvalue weighted by molar-refractivity contribution is 0.141. The Morgan fingerprint density at radius 2 is 1.87 bits per heavy atom. The van der Waals surface area contributed by atoms with Crippen LogP contribution in [-0.2, 0) is 4.74 Å². The van der Waals surface area contributed by atoms with Crippen LogP contribution in [0.25, 0.3) is 0 Å². The first-order valence-corrected chi connectivity index (χ1v) is 9.73. The first-order valence-electron chi connectivity index (χ1n) is 9.73. The van der Waals surface area contributed by atoms with Crippen LogP contribution < -0.4 is 10.6 Å². The molecule has 0 amide bonds. The molecule has 3 aliphatic rings. The highest BCUT2D eigenvalue weighted by Gasteiger charge is 2.53. The quantitative estimate of drug-likeness (QED) is 0.506. The van der Waals surface area contributed by atoms with E-state index in [2.05, 4.69) is 17.6 Å². The number of nitrogens with zero attached hydrogens (tertiary/aromatic N) is 1. The average Bonchev–Trinajstić information content (AvgIpc) is 3.47. The molecule has 4 nitrogen and oxygen atoms in total. The second kappa shape index (κ2) is 7.42. The smallest absolute Gasteiger partial charge is 0.191 e. The highest BCUT2D eigenvalue weighted by atomic mass is 16.5. The molecule has 0 unspecified atom stereocenters. The largest absolute Gasteiger partial charge is 0.385 e. The zero-order valence-corrected chi connectivity index (χ0v) is 15.1. The Labute approximate surface area is 141 Å². The fourth-order valence-electron chi connectivity index (χ4n) is 4.36. The van der Waals surface area contributed by atoms with Crippen molar-refractivity contribution < 1.29 is 4.74 Å². The van der Waals surface area contributed by atoms with Gasteiger partial charge in [-0.25, -0.2) is 0 Å². The first kappa shape index (κ1) is 17.1. The maximum absolute atomic E-state index is 5.34. The monoisotopic (exact) mass is 321 g/mol. The summed E-state index contributed by atoms with van der Waals surface area (Å²) in [4.78, 5) is 4.97. The van der Waals surface area contributed by atoms with Gasteiger partial charge in [0, 0.05) is 33.4 Å². The highest BCUT2D eigenvalue weighted by molar-refractivity contribution is 5.79. The summed E-state index contributed by atoms with van der Waals surface area (Å²) in [7, 11) is 1.81. The van der Waals surface area contributed by atoms with Gasteiger partial charge in [-0.05, 0) is 68.6 Å². The van der Waals surface area contributed by atoms with E-state index in [0.717, 1.165) is 44.5 Å². The molecule has 3 aliphatic carbocycles. The van der Waals surface area contributed by atoms with Crippen molar-refractivity contribution in [2.24, 2.45) is 21.7 Å². The molecule has 4 heteroatoms. The van der Waals surface area contributed by atoms with Crippen molar-refractivity contribution >= 4 is 5.96 Å².